The lowest BCUT2D eigenvalue weighted by atomic mass is 9.92. The summed E-state index contributed by atoms with van der Waals surface area (Å²) in [5.41, 5.74) is 9.84. The largest absolute Gasteiger partial charge is 0.0619 e. The molecule has 22 heavy (non-hydrogen) atoms. The van der Waals surface area contributed by atoms with E-state index in [2.05, 4.69) is 80.6 Å². The zero-order chi connectivity index (χ0) is 15.1. The normalized spacial score (nSPS) is 12.3. The van der Waals surface area contributed by atoms with E-state index >= 15 is 0 Å². The standard InChI is InChI=1S/C22H20/c1-15(2)16-8-5-9-18(13-16)21-12-6-10-19-14-17-7-3-4-11-20(17)22(19)21/h3-13,15H,14H2,1-2H3. The van der Waals surface area contributed by atoms with Crippen LogP contribution in [-0.2, 0) is 6.42 Å². The van der Waals surface area contributed by atoms with Crippen LogP contribution in [0.2, 0.25) is 0 Å². The van der Waals surface area contributed by atoms with E-state index in [0.717, 1.165) is 6.42 Å². The van der Waals surface area contributed by atoms with Crippen LogP contribution in [0.15, 0.2) is 66.7 Å². The minimum atomic E-state index is 0.559. The van der Waals surface area contributed by atoms with Gasteiger partial charge in [-0.25, -0.2) is 0 Å². The van der Waals surface area contributed by atoms with Crippen LogP contribution in [0, 0.1) is 0 Å². The molecule has 0 atom stereocenters. The molecule has 0 aromatic heterocycles. The molecule has 1 aliphatic carbocycles. The molecule has 0 aliphatic heterocycles. The van der Waals surface area contributed by atoms with E-state index in [1.165, 1.54) is 38.9 Å². The monoisotopic (exact) mass is 284 g/mol. The predicted molar refractivity (Wildman–Crippen MR) is 94.2 cm³/mol. The van der Waals surface area contributed by atoms with E-state index in [0.29, 0.717) is 5.92 Å². The molecule has 3 aromatic rings. The molecule has 0 saturated carbocycles. The third-order valence-electron chi connectivity index (χ3n) is 4.68. The van der Waals surface area contributed by atoms with Gasteiger partial charge in [0.2, 0.25) is 0 Å². The third kappa shape index (κ3) is 2.07. The Morgan fingerprint density at radius 2 is 1.45 bits per heavy atom. The summed E-state index contributed by atoms with van der Waals surface area (Å²) in [6, 6.07) is 24.5. The van der Waals surface area contributed by atoms with Crippen molar-refractivity contribution in [2.24, 2.45) is 0 Å². The van der Waals surface area contributed by atoms with E-state index in [1.54, 1.807) is 0 Å². The molecule has 0 amide bonds. The Kier molecular flexibility index (Phi) is 3.11. The van der Waals surface area contributed by atoms with E-state index in [-0.39, 0.29) is 0 Å². The second kappa shape index (κ2) is 5.14. The van der Waals surface area contributed by atoms with Gasteiger partial charge in [-0.1, -0.05) is 80.6 Å². The van der Waals surface area contributed by atoms with Crippen molar-refractivity contribution in [3.8, 4) is 22.3 Å². The van der Waals surface area contributed by atoms with Gasteiger partial charge in [0, 0.05) is 0 Å². The molecular formula is C22H20. The van der Waals surface area contributed by atoms with Crippen LogP contribution >= 0.6 is 0 Å². The van der Waals surface area contributed by atoms with E-state index in [4.69, 9.17) is 0 Å². The SMILES string of the molecule is CC(C)c1cccc(-c2cccc3c2-c2ccccc2C3)c1. The number of hydrogen-bond acceptors (Lipinski definition) is 0. The molecule has 0 nitrogen and oxygen atoms in total. The van der Waals surface area contributed by atoms with Crippen LogP contribution in [-0.4, -0.2) is 0 Å². The Hall–Kier alpha value is -2.34. The molecule has 1 aliphatic rings. The van der Waals surface area contributed by atoms with Crippen LogP contribution in [0.1, 0.15) is 36.5 Å². The maximum absolute atomic E-state index is 2.35. The van der Waals surface area contributed by atoms with Crippen LogP contribution in [0.25, 0.3) is 22.3 Å². The second-order valence-corrected chi connectivity index (χ2v) is 6.45. The van der Waals surface area contributed by atoms with Gasteiger partial charge in [-0.15, -0.1) is 0 Å². The average molecular weight is 284 g/mol. The Morgan fingerprint density at radius 1 is 0.727 bits per heavy atom. The first-order valence-electron chi connectivity index (χ1n) is 8.04. The van der Waals surface area contributed by atoms with Gasteiger partial charge >= 0.3 is 0 Å². The van der Waals surface area contributed by atoms with E-state index in [9.17, 15) is 0 Å². The molecule has 0 heterocycles. The van der Waals surface area contributed by atoms with Crippen LogP contribution in [0.5, 0.6) is 0 Å². The molecule has 0 unspecified atom stereocenters. The number of hydrogen-bond donors (Lipinski definition) is 0. The van der Waals surface area contributed by atoms with Crippen LogP contribution < -0.4 is 0 Å². The van der Waals surface area contributed by atoms with Gasteiger partial charge in [-0.3, -0.25) is 0 Å². The highest BCUT2D eigenvalue weighted by molar-refractivity contribution is 5.90. The van der Waals surface area contributed by atoms with Gasteiger partial charge < -0.3 is 0 Å². The summed E-state index contributed by atoms with van der Waals surface area (Å²) in [4.78, 5) is 0. The Balaban J connectivity index is 1.93. The molecule has 0 fully saturated rings. The molecule has 0 spiro atoms. The highest BCUT2D eigenvalue weighted by Gasteiger charge is 2.21. The highest BCUT2D eigenvalue weighted by Crippen LogP contribution is 2.43. The van der Waals surface area contributed by atoms with Gasteiger partial charge in [0.05, 0.1) is 0 Å². The number of rotatable bonds is 2. The van der Waals surface area contributed by atoms with Crippen molar-refractivity contribution in [3.05, 3.63) is 83.4 Å². The summed E-state index contributed by atoms with van der Waals surface area (Å²) in [5, 5.41) is 0. The summed E-state index contributed by atoms with van der Waals surface area (Å²) in [6.07, 6.45) is 1.06. The topological polar surface area (TPSA) is 0 Å². The molecule has 4 rings (SSSR count). The van der Waals surface area contributed by atoms with Crippen molar-refractivity contribution in [3.63, 3.8) is 0 Å². The summed E-state index contributed by atoms with van der Waals surface area (Å²) < 4.78 is 0. The van der Waals surface area contributed by atoms with Crippen LogP contribution in [0.4, 0.5) is 0 Å². The molecule has 0 saturated heterocycles. The summed E-state index contributed by atoms with van der Waals surface area (Å²) in [5.74, 6) is 0.559. The smallest absolute Gasteiger partial charge is 0.00132 e. The molecule has 0 N–H and O–H groups in total. The highest BCUT2D eigenvalue weighted by atomic mass is 14.2. The van der Waals surface area contributed by atoms with Gasteiger partial charge in [0.15, 0.2) is 0 Å². The first-order chi connectivity index (χ1) is 10.7. The Bertz CT molecular complexity index is 840. The predicted octanol–water partition coefficient (Wildman–Crippen LogP) is 6.05. The third-order valence-corrected chi connectivity index (χ3v) is 4.68. The Labute approximate surface area is 132 Å². The maximum atomic E-state index is 2.35. The van der Waals surface area contributed by atoms with Crippen molar-refractivity contribution in [2.45, 2.75) is 26.2 Å². The lowest BCUT2D eigenvalue weighted by Gasteiger charge is -2.12. The van der Waals surface area contributed by atoms with Crippen molar-refractivity contribution in [1.29, 1.82) is 0 Å². The lowest BCUT2D eigenvalue weighted by molar-refractivity contribution is 0.867. The lowest BCUT2D eigenvalue weighted by Crippen LogP contribution is -1.90. The zero-order valence-electron chi connectivity index (χ0n) is 13.1. The van der Waals surface area contributed by atoms with Gasteiger partial charge in [0.25, 0.3) is 0 Å². The average Bonchev–Trinajstić information content (AvgIpc) is 2.93. The summed E-state index contributed by atoms with van der Waals surface area (Å²) in [6.45, 7) is 4.51. The quantitative estimate of drug-likeness (QED) is 0.420. The number of benzene rings is 3. The summed E-state index contributed by atoms with van der Waals surface area (Å²) >= 11 is 0. The zero-order valence-corrected chi connectivity index (χ0v) is 13.1. The first-order valence-corrected chi connectivity index (χ1v) is 8.04. The molecule has 3 aromatic carbocycles. The molecule has 108 valence electrons. The first kappa shape index (κ1) is 13.3. The molecule has 0 heteroatoms. The Morgan fingerprint density at radius 3 is 2.32 bits per heavy atom. The molecule has 0 radical (unpaired) electrons. The second-order valence-electron chi connectivity index (χ2n) is 6.45. The molecule has 0 bridgehead atoms. The number of fused-ring (bicyclic) bond motifs is 3. The minimum absolute atomic E-state index is 0.559. The van der Waals surface area contributed by atoms with Crippen molar-refractivity contribution in [1.82, 2.24) is 0 Å². The van der Waals surface area contributed by atoms with Crippen molar-refractivity contribution in [2.75, 3.05) is 0 Å². The van der Waals surface area contributed by atoms with Crippen molar-refractivity contribution < 1.29 is 0 Å². The van der Waals surface area contributed by atoms with Gasteiger partial charge in [-0.2, -0.15) is 0 Å². The fraction of sp³-hybridized carbons (Fsp3) is 0.182. The fourth-order valence-electron chi connectivity index (χ4n) is 3.49. The fourth-order valence-corrected chi connectivity index (χ4v) is 3.49. The van der Waals surface area contributed by atoms with Gasteiger partial charge in [-0.05, 0) is 51.3 Å². The van der Waals surface area contributed by atoms with Gasteiger partial charge in [0.1, 0.15) is 0 Å². The van der Waals surface area contributed by atoms with Crippen LogP contribution in [0.3, 0.4) is 0 Å². The van der Waals surface area contributed by atoms with E-state index < -0.39 is 0 Å². The maximum Gasteiger partial charge on any atom is -0.00132 e. The minimum Gasteiger partial charge on any atom is -0.0619 e. The van der Waals surface area contributed by atoms with Crippen molar-refractivity contribution >= 4 is 0 Å². The van der Waals surface area contributed by atoms with E-state index in [1.807, 2.05) is 0 Å². The molecular weight excluding hydrogens is 264 g/mol. The summed E-state index contributed by atoms with van der Waals surface area (Å²) in [7, 11) is 0.